The van der Waals surface area contributed by atoms with Gasteiger partial charge in [-0.1, -0.05) is 30.3 Å². The van der Waals surface area contributed by atoms with Crippen molar-refractivity contribution in [1.82, 2.24) is 0 Å². The minimum absolute atomic E-state index is 0.0549. The van der Waals surface area contributed by atoms with Gasteiger partial charge in [-0.15, -0.1) is 0 Å². The van der Waals surface area contributed by atoms with Gasteiger partial charge in [-0.3, -0.25) is 8.37 Å². The van der Waals surface area contributed by atoms with Crippen molar-refractivity contribution in [3.63, 3.8) is 0 Å². The van der Waals surface area contributed by atoms with Gasteiger partial charge in [0.05, 0.1) is 19.1 Å². The van der Waals surface area contributed by atoms with Crippen LogP contribution in [0.2, 0.25) is 0 Å². The fourth-order valence-corrected chi connectivity index (χ4v) is 4.36. The number of hydrogen-bond donors (Lipinski definition) is 0. The summed E-state index contributed by atoms with van der Waals surface area (Å²) in [5, 5.41) is 0. The summed E-state index contributed by atoms with van der Waals surface area (Å²) in [4.78, 5) is 0. The van der Waals surface area contributed by atoms with Crippen LogP contribution in [0, 0.1) is 0 Å². The highest BCUT2D eigenvalue weighted by Gasteiger charge is 2.54. The molecule has 0 N–H and O–H groups in total. The lowest BCUT2D eigenvalue weighted by Gasteiger charge is -2.47. The highest BCUT2D eigenvalue weighted by molar-refractivity contribution is 7.86. The zero-order valence-electron chi connectivity index (χ0n) is 15.5. The molecule has 0 radical (unpaired) electrons. The Bertz CT molecular complexity index is 870. The van der Waals surface area contributed by atoms with E-state index in [9.17, 15) is 16.8 Å². The van der Waals surface area contributed by atoms with Gasteiger partial charge >= 0.3 is 0 Å². The fraction of sp³-hybridized carbons (Fsp3) is 0.625. The highest BCUT2D eigenvalue weighted by Crippen LogP contribution is 2.37. The zero-order valence-corrected chi connectivity index (χ0v) is 17.1. The monoisotopic (exact) mass is 438 g/mol. The summed E-state index contributed by atoms with van der Waals surface area (Å²) in [6.07, 6.45) is -4.79. The Hall–Kier alpha value is -1.12. The van der Waals surface area contributed by atoms with Crippen LogP contribution >= 0.6 is 0 Å². The Morgan fingerprint density at radius 3 is 2.11 bits per heavy atom. The average Bonchev–Trinajstić information content (AvgIpc) is 2.61. The van der Waals surface area contributed by atoms with Crippen LogP contribution in [0.5, 0.6) is 0 Å². The first-order chi connectivity index (χ1) is 13.1. The Morgan fingerprint density at radius 1 is 0.929 bits per heavy atom. The summed E-state index contributed by atoms with van der Waals surface area (Å²) >= 11 is 0. The number of methoxy groups -OCH3 is 1. The van der Waals surface area contributed by atoms with Gasteiger partial charge < -0.3 is 18.9 Å². The molecule has 2 aliphatic heterocycles. The van der Waals surface area contributed by atoms with Crippen molar-refractivity contribution in [1.29, 1.82) is 0 Å². The van der Waals surface area contributed by atoms with Crippen molar-refractivity contribution >= 4 is 20.2 Å². The van der Waals surface area contributed by atoms with Crippen molar-refractivity contribution < 1.29 is 44.1 Å². The minimum Gasteiger partial charge on any atom is -0.353 e. The Kier molecular flexibility index (Phi) is 6.41. The standard InChI is InChI=1S/C16H22O10S2/c1-21-16-14(26-28(3,19)20)13(25-27(2,17)18)12-11(23-16)9-22-15(24-12)10-7-5-4-6-8-10/h4-8,11-16H,9H2,1-3H3/t11-,12+,13-,14+,15+,16+/m1/s1. The van der Waals surface area contributed by atoms with E-state index in [4.69, 9.17) is 27.3 Å². The van der Waals surface area contributed by atoms with Crippen LogP contribution in [0.1, 0.15) is 11.9 Å². The Labute approximate surface area is 163 Å². The molecule has 0 saturated carbocycles. The van der Waals surface area contributed by atoms with Crippen molar-refractivity contribution in [3.05, 3.63) is 35.9 Å². The van der Waals surface area contributed by atoms with Crippen LogP contribution < -0.4 is 0 Å². The number of rotatable bonds is 6. The zero-order chi connectivity index (χ0) is 20.5. The van der Waals surface area contributed by atoms with E-state index in [-0.39, 0.29) is 6.61 Å². The maximum atomic E-state index is 11.8. The van der Waals surface area contributed by atoms with Gasteiger partial charge in [-0.2, -0.15) is 16.8 Å². The SMILES string of the molecule is CO[C@H]1O[C@@H]2CO[C@H](c3ccccc3)O[C@@H]2[C@@H](OS(C)(=O)=O)[C@@H]1OS(C)(=O)=O. The van der Waals surface area contributed by atoms with E-state index in [1.54, 1.807) is 24.3 Å². The molecule has 0 spiro atoms. The van der Waals surface area contributed by atoms with E-state index in [0.717, 1.165) is 12.5 Å². The van der Waals surface area contributed by atoms with Crippen LogP contribution in [-0.4, -0.2) is 73.8 Å². The molecule has 10 nitrogen and oxygen atoms in total. The maximum absolute atomic E-state index is 11.8. The molecule has 28 heavy (non-hydrogen) atoms. The van der Waals surface area contributed by atoms with E-state index >= 15 is 0 Å². The number of hydrogen-bond acceptors (Lipinski definition) is 10. The first-order valence-corrected chi connectivity index (χ1v) is 12.0. The highest BCUT2D eigenvalue weighted by atomic mass is 32.2. The fourth-order valence-electron chi connectivity index (χ4n) is 3.13. The largest absolute Gasteiger partial charge is 0.353 e. The molecule has 2 fully saturated rings. The van der Waals surface area contributed by atoms with Crippen molar-refractivity contribution in [2.24, 2.45) is 0 Å². The normalized spacial score (nSPS) is 34.0. The molecule has 0 aromatic heterocycles. The summed E-state index contributed by atoms with van der Waals surface area (Å²) in [5.41, 5.74) is 0.702. The summed E-state index contributed by atoms with van der Waals surface area (Å²) in [7, 11) is -6.69. The van der Waals surface area contributed by atoms with Gasteiger partial charge in [-0.05, 0) is 0 Å². The van der Waals surface area contributed by atoms with Gasteiger partial charge in [0.1, 0.15) is 18.3 Å². The third-order valence-corrected chi connectivity index (χ3v) is 5.30. The predicted octanol–water partition coefficient (Wildman–Crippen LogP) is 0.162. The molecule has 0 bridgehead atoms. The first-order valence-electron chi connectivity index (χ1n) is 8.34. The quantitative estimate of drug-likeness (QED) is 0.567. The van der Waals surface area contributed by atoms with E-state index in [1.165, 1.54) is 7.11 Å². The molecule has 3 rings (SSSR count). The molecule has 1 aromatic rings. The van der Waals surface area contributed by atoms with Crippen LogP contribution in [0.4, 0.5) is 0 Å². The van der Waals surface area contributed by atoms with E-state index < -0.39 is 57.2 Å². The molecular weight excluding hydrogens is 416 g/mol. The second-order valence-electron chi connectivity index (χ2n) is 6.49. The molecule has 2 aliphatic rings. The number of fused-ring (bicyclic) bond motifs is 1. The Morgan fingerprint density at radius 2 is 1.54 bits per heavy atom. The number of benzene rings is 1. The predicted molar refractivity (Wildman–Crippen MR) is 95.1 cm³/mol. The van der Waals surface area contributed by atoms with Gasteiger partial charge in [0, 0.05) is 12.7 Å². The van der Waals surface area contributed by atoms with Crippen molar-refractivity contribution in [2.75, 3.05) is 26.2 Å². The summed E-state index contributed by atoms with van der Waals surface area (Å²) in [6, 6.07) is 8.99. The molecule has 1 aromatic carbocycles. The molecule has 6 atom stereocenters. The van der Waals surface area contributed by atoms with Gasteiger partial charge in [0.2, 0.25) is 0 Å². The lowest BCUT2D eigenvalue weighted by Crippen LogP contribution is -2.64. The van der Waals surface area contributed by atoms with Crippen molar-refractivity contribution in [3.8, 4) is 0 Å². The van der Waals surface area contributed by atoms with Crippen LogP contribution in [0.15, 0.2) is 30.3 Å². The lowest BCUT2D eigenvalue weighted by molar-refractivity contribution is -0.351. The minimum atomic E-state index is -3.98. The van der Waals surface area contributed by atoms with E-state index in [2.05, 4.69) is 0 Å². The molecule has 0 aliphatic carbocycles. The summed E-state index contributed by atoms with van der Waals surface area (Å²) < 4.78 is 79.7. The van der Waals surface area contributed by atoms with Gasteiger partial charge in [0.25, 0.3) is 20.2 Å². The van der Waals surface area contributed by atoms with Crippen LogP contribution in [0.3, 0.4) is 0 Å². The first kappa shape index (κ1) is 21.6. The van der Waals surface area contributed by atoms with E-state index in [0.29, 0.717) is 5.56 Å². The molecule has 0 amide bonds. The number of ether oxygens (including phenoxy) is 4. The van der Waals surface area contributed by atoms with E-state index in [1.807, 2.05) is 6.07 Å². The van der Waals surface area contributed by atoms with Crippen LogP contribution in [-0.2, 0) is 47.5 Å². The Balaban J connectivity index is 1.93. The van der Waals surface area contributed by atoms with Gasteiger partial charge in [-0.25, -0.2) is 0 Å². The molecule has 0 unspecified atom stereocenters. The summed E-state index contributed by atoms with van der Waals surface area (Å²) in [5.74, 6) is 0. The van der Waals surface area contributed by atoms with Crippen LogP contribution in [0.25, 0.3) is 0 Å². The smallest absolute Gasteiger partial charge is 0.264 e. The topological polar surface area (TPSA) is 124 Å². The summed E-state index contributed by atoms with van der Waals surface area (Å²) in [6.45, 7) is 0.0549. The maximum Gasteiger partial charge on any atom is 0.264 e. The third-order valence-electron chi connectivity index (χ3n) is 4.16. The second kappa shape index (κ2) is 8.32. The van der Waals surface area contributed by atoms with Crippen molar-refractivity contribution in [2.45, 2.75) is 37.0 Å². The molecule has 2 saturated heterocycles. The second-order valence-corrected chi connectivity index (χ2v) is 9.69. The molecule has 2 heterocycles. The van der Waals surface area contributed by atoms with Gasteiger partial charge in [0.15, 0.2) is 18.7 Å². The average molecular weight is 438 g/mol. The molecular formula is C16H22O10S2. The third kappa shape index (κ3) is 5.27. The lowest BCUT2D eigenvalue weighted by atomic mass is 9.98. The molecule has 158 valence electrons. The molecule has 12 heteroatoms.